The Morgan fingerprint density at radius 3 is 2.45 bits per heavy atom. The third-order valence-electron chi connectivity index (χ3n) is 4.34. The van der Waals surface area contributed by atoms with Crippen molar-refractivity contribution in [2.45, 2.75) is 31.6 Å². The molecule has 4 heteroatoms. The molecule has 1 aliphatic heterocycles. The summed E-state index contributed by atoms with van der Waals surface area (Å²) in [6.07, 6.45) is 2.42. The van der Waals surface area contributed by atoms with E-state index in [0.717, 1.165) is 37.2 Å². The summed E-state index contributed by atoms with van der Waals surface area (Å²) < 4.78 is 5.35. The summed E-state index contributed by atoms with van der Waals surface area (Å²) in [7, 11) is 0. The van der Waals surface area contributed by atoms with E-state index in [1.165, 1.54) is 0 Å². The second kappa shape index (κ2) is 6.37. The summed E-state index contributed by atoms with van der Waals surface area (Å²) in [5, 5.41) is 9.77. The molecular weight excluding hydrogens is 254 g/mol. The molecule has 3 N–H and O–H groups in total. The SMILES string of the molecule is Cc1ccc(C(CN)(CC2CCOCC2)C(=O)O)cc1. The van der Waals surface area contributed by atoms with E-state index < -0.39 is 11.4 Å². The summed E-state index contributed by atoms with van der Waals surface area (Å²) in [6.45, 7) is 3.56. The van der Waals surface area contributed by atoms with Crippen LogP contribution in [-0.2, 0) is 14.9 Å². The minimum Gasteiger partial charge on any atom is -0.481 e. The molecule has 2 rings (SSSR count). The minimum atomic E-state index is -0.976. The summed E-state index contributed by atoms with van der Waals surface area (Å²) >= 11 is 0. The lowest BCUT2D eigenvalue weighted by atomic mass is 9.72. The monoisotopic (exact) mass is 277 g/mol. The first-order valence-electron chi connectivity index (χ1n) is 7.17. The highest BCUT2D eigenvalue weighted by Gasteiger charge is 2.41. The van der Waals surface area contributed by atoms with Gasteiger partial charge < -0.3 is 15.6 Å². The first-order chi connectivity index (χ1) is 9.58. The molecule has 20 heavy (non-hydrogen) atoms. The van der Waals surface area contributed by atoms with Gasteiger partial charge in [-0.2, -0.15) is 0 Å². The third-order valence-corrected chi connectivity index (χ3v) is 4.34. The van der Waals surface area contributed by atoms with Crippen LogP contribution in [0.4, 0.5) is 0 Å². The van der Waals surface area contributed by atoms with Crippen molar-refractivity contribution in [3.63, 3.8) is 0 Å². The number of aryl methyl sites for hydroxylation is 1. The molecule has 1 aromatic rings. The maximum atomic E-state index is 11.9. The molecule has 1 heterocycles. The van der Waals surface area contributed by atoms with E-state index in [1.54, 1.807) is 0 Å². The van der Waals surface area contributed by atoms with E-state index in [2.05, 4.69) is 0 Å². The molecule has 0 bridgehead atoms. The molecule has 1 fully saturated rings. The van der Waals surface area contributed by atoms with Gasteiger partial charge in [-0.3, -0.25) is 4.79 Å². The van der Waals surface area contributed by atoms with Crippen molar-refractivity contribution in [2.24, 2.45) is 11.7 Å². The van der Waals surface area contributed by atoms with Crippen molar-refractivity contribution in [3.8, 4) is 0 Å². The van der Waals surface area contributed by atoms with Gasteiger partial charge in [-0.15, -0.1) is 0 Å². The fourth-order valence-electron chi connectivity index (χ4n) is 2.93. The molecule has 0 aliphatic carbocycles. The second-order valence-electron chi connectivity index (χ2n) is 5.72. The first-order valence-corrected chi connectivity index (χ1v) is 7.17. The van der Waals surface area contributed by atoms with Crippen LogP contribution in [0.5, 0.6) is 0 Å². The van der Waals surface area contributed by atoms with Gasteiger partial charge in [0, 0.05) is 19.8 Å². The van der Waals surface area contributed by atoms with Crippen LogP contribution in [0, 0.1) is 12.8 Å². The fraction of sp³-hybridized carbons (Fsp3) is 0.562. The number of aliphatic carboxylic acids is 1. The number of nitrogens with two attached hydrogens (primary N) is 1. The summed E-state index contributed by atoms with van der Waals surface area (Å²) in [5.74, 6) is -0.458. The van der Waals surface area contributed by atoms with Crippen molar-refractivity contribution in [3.05, 3.63) is 35.4 Å². The van der Waals surface area contributed by atoms with E-state index in [4.69, 9.17) is 10.5 Å². The number of hydrogen-bond donors (Lipinski definition) is 2. The number of ether oxygens (including phenoxy) is 1. The minimum absolute atomic E-state index is 0.128. The molecule has 1 unspecified atom stereocenters. The van der Waals surface area contributed by atoms with Gasteiger partial charge >= 0.3 is 5.97 Å². The Morgan fingerprint density at radius 2 is 1.95 bits per heavy atom. The zero-order valence-electron chi connectivity index (χ0n) is 12.0. The second-order valence-corrected chi connectivity index (χ2v) is 5.72. The van der Waals surface area contributed by atoms with E-state index in [-0.39, 0.29) is 6.54 Å². The number of carbonyl (C=O) groups is 1. The lowest BCUT2D eigenvalue weighted by Crippen LogP contribution is -2.45. The number of carboxylic acids is 1. The topological polar surface area (TPSA) is 72.5 Å². The van der Waals surface area contributed by atoms with Gasteiger partial charge in [0.05, 0.1) is 0 Å². The lowest BCUT2D eigenvalue weighted by molar-refractivity contribution is -0.144. The number of hydrogen-bond acceptors (Lipinski definition) is 3. The van der Waals surface area contributed by atoms with Gasteiger partial charge in [0.15, 0.2) is 0 Å². The Morgan fingerprint density at radius 1 is 1.35 bits per heavy atom. The van der Waals surface area contributed by atoms with Crippen LogP contribution in [0.25, 0.3) is 0 Å². The normalized spacial score (nSPS) is 19.5. The maximum Gasteiger partial charge on any atom is 0.315 e. The summed E-state index contributed by atoms with van der Waals surface area (Å²) in [4.78, 5) is 11.9. The van der Waals surface area contributed by atoms with Crippen LogP contribution < -0.4 is 5.73 Å². The Hall–Kier alpha value is -1.39. The van der Waals surface area contributed by atoms with Gasteiger partial charge in [0.1, 0.15) is 5.41 Å². The fourth-order valence-corrected chi connectivity index (χ4v) is 2.93. The highest BCUT2D eigenvalue weighted by atomic mass is 16.5. The van der Waals surface area contributed by atoms with Crippen LogP contribution in [0.2, 0.25) is 0 Å². The maximum absolute atomic E-state index is 11.9. The molecule has 4 nitrogen and oxygen atoms in total. The quantitative estimate of drug-likeness (QED) is 0.864. The lowest BCUT2D eigenvalue weighted by Gasteiger charge is -2.34. The van der Waals surface area contributed by atoms with Gasteiger partial charge in [-0.25, -0.2) is 0 Å². The molecule has 1 aromatic carbocycles. The highest BCUT2D eigenvalue weighted by molar-refractivity contribution is 5.81. The van der Waals surface area contributed by atoms with Crippen molar-refractivity contribution in [1.82, 2.24) is 0 Å². The number of rotatable bonds is 5. The molecule has 0 aromatic heterocycles. The van der Waals surface area contributed by atoms with Crippen LogP contribution >= 0.6 is 0 Å². The Labute approximate surface area is 119 Å². The van der Waals surface area contributed by atoms with E-state index in [9.17, 15) is 9.90 Å². The number of carboxylic acid groups (broad SMARTS) is 1. The van der Waals surface area contributed by atoms with Crippen LogP contribution in [0.3, 0.4) is 0 Å². The van der Waals surface area contributed by atoms with Crippen molar-refractivity contribution in [1.29, 1.82) is 0 Å². The van der Waals surface area contributed by atoms with Crippen molar-refractivity contribution < 1.29 is 14.6 Å². The average Bonchev–Trinajstić information content (AvgIpc) is 2.46. The molecule has 1 atom stereocenters. The van der Waals surface area contributed by atoms with Crippen LogP contribution in [-0.4, -0.2) is 30.8 Å². The molecule has 0 amide bonds. The zero-order valence-corrected chi connectivity index (χ0v) is 12.0. The molecule has 1 aliphatic rings. The Balaban J connectivity index is 2.28. The largest absolute Gasteiger partial charge is 0.481 e. The van der Waals surface area contributed by atoms with Gasteiger partial charge in [-0.1, -0.05) is 29.8 Å². The number of benzene rings is 1. The first kappa shape index (κ1) is 15.0. The zero-order chi connectivity index (χ0) is 14.6. The van der Waals surface area contributed by atoms with E-state index in [1.807, 2.05) is 31.2 Å². The Kier molecular flexibility index (Phi) is 4.78. The molecule has 0 radical (unpaired) electrons. The summed E-state index contributed by atoms with van der Waals surface area (Å²) in [5.41, 5.74) is 6.84. The van der Waals surface area contributed by atoms with Crippen LogP contribution in [0.15, 0.2) is 24.3 Å². The van der Waals surface area contributed by atoms with Gasteiger partial charge in [-0.05, 0) is 37.7 Å². The van der Waals surface area contributed by atoms with Crippen molar-refractivity contribution in [2.75, 3.05) is 19.8 Å². The van der Waals surface area contributed by atoms with Crippen molar-refractivity contribution >= 4 is 5.97 Å². The molecule has 110 valence electrons. The van der Waals surface area contributed by atoms with E-state index >= 15 is 0 Å². The molecule has 0 saturated carbocycles. The molecule has 1 saturated heterocycles. The standard InChI is InChI=1S/C16H23NO3/c1-12-2-4-14(5-3-12)16(11-17,15(18)19)10-13-6-8-20-9-7-13/h2-5,13H,6-11,17H2,1H3,(H,18,19). The predicted molar refractivity (Wildman–Crippen MR) is 77.7 cm³/mol. The van der Waals surface area contributed by atoms with Gasteiger partial charge in [0.25, 0.3) is 0 Å². The van der Waals surface area contributed by atoms with E-state index in [0.29, 0.717) is 12.3 Å². The third kappa shape index (κ3) is 3.02. The predicted octanol–water partition coefficient (Wildman–Crippen LogP) is 2.09. The van der Waals surface area contributed by atoms with Crippen LogP contribution in [0.1, 0.15) is 30.4 Å². The van der Waals surface area contributed by atoms with Gasteiger partial charge in [0.2, 0.25) is 0 Å². The highest BCUT2D eigenvalue weighted by Crippen LogP contribution is 2.35. The molecule has 0 spiro atoms. The molecular formula is C16H23NO3. The Bertz CT molecular complexity index is 451. The smallest absolute Gasteiger partial charge is 0.315 e. The average molecular weight is 277 g/mol. The summed E-state index contributed by atoms with van der Waals surface area (Å²) in [6, 6.07) is 7.70.